The number of para-hydroxylation sites is 1. The molecule has 2 aromatic carbocycles. The average molecular weight is 336 g/mol. The molecule has 3 aromatic rings. The molecular weight excluding hydrogens is 320 g/mol. The number of hydrogen-bond donors (Lipinski definition) is 1. The van der Waals surface area contributed by atoms with Gasteiger partial charge in [0.2, 0.25) is 6.79 Å². The molecule has 1 aromatic heterocycles. The first-order chi connectivity index (χ1) is 12.2. The Morgan fingerprint density at radius 1 is 1.04 bits per heavy atom. The minimum atomic E-state index is -0.578. The van der Waals surface area contributed by atoms with Gasteiger partial charge in [0, 0.05) is 6.42 Å². The second-order valence-corrected chi connectivity index (χ2v) is 5.81. The third-order valence-corrected chi connectivity index (χ3v) is 4.24. The largest absolute Gasteiger partial charge is 0.462 e. The monoisotopic (exact) mass is 336 g/mol. The zero-order chi connectivity index (χ0) is 17.2. The topological polar surface area (TPSA) is 73.3 Å². The molecule has 1 aliphatic heterocycles. The highest BCUT2D eigenvalue weighted by molar-refractivity contribution is 5.76. The molecule has 0 saturated carbocycles. The molecule has 0 saturated heterocycles. The number of rotatable bonds is 4. The Morgan fingerprint density at radius 3 is 2.56 bits per heavy atom. The fourth-order valence-electron chi connectivity index (χ4n) is 3.04. The normalized spacial score (nSPS) is 14.6. The quantitative estimate of drug-likeness (QED) is 0.793. The second-order valence-electron chi connectivity index (χ2n) is 5.81. The van der Waals surface area contributed by atoms with Crippen LogP contribution in [0, 0.1) is 0 Å². The van der Waals surface area contributed by atoms with Gasteiger partial charge in [-0.15, -0.1) is 0 Å². The van der Waals surface area contributed by atoms with E-state index >= 15 is 0 Å². The number of fused-ring (bicyclic) bond motifs is 1. The molecule has 126 valence electrons. The van der Waals surface area contributed by atoms with Crippen molar-refractivity contribution in [2.24, 2.45) is 0 Å². The smallest absolute Gasteiger partial charge is 0.329 e. The van der Waals surface area contributed by atoms with E-state index in [4.69, 9.17) is 9.47 Å². The molecule has 1 unspecified atom stereocenters. The van der Waals surface area contributed by atoms with E-state index in [9.17, 15) is 9.59 Å². The molecule has 0 bridgehead atoms. The molecule has 0 fully saturated rings. The summed E-state index contributed by atoms with van der Waals surface area (Å²) >= 11 is 0. The average Bonchev–Trinajstić information content (AvgIpc) is 3.16. The van der Waals surface area contributed by atoms with E-state index in [0.717, 1.165) is 5.56 Å². The lowest BCUT2D eigenvalue weighted by molar-refractivity contribution is 0.0706. The first-order valence-corrected chi connectivity index (χ1v) is 7.96. The van der Waals surface area contributed by atoms with Crippen LogP contribution in [-0.4, -0.2) is 16.3 Å². The Labute approximate surface area is 142 Å². The molecule has 1 N–H and O–H groups in total. The first kappa shape index (κ1) is 15.3. The highest BCUT2D eigenvalue weighted by Crippen LogP contribution is 2.25. The molecule has 25 heavy (non-hydrogen) atoms. The molecule has 4 rings (SSSR count). The minimum Gasteiger partial charge on any atom is -0.462 e. The van der Waals surface area contributed by atoms with Crippen molar-refractivity contribution in [2.45, 2.75) is 12.5 Å². The number of benzene rings is 2. The van der Waals surface area contributed by atoms with Crippen LogP contribution in [0.15, 0.2) is 76.2 Å². The highest BCUT2D eigenvalue weighted by atomic mass is 16.7. The Bertz CT molecular complexity index is 1050. The predicted molar refractivity (Wildman–Crippen MR) is 93.1 cm³/mol. The maximum absolute atomic E-state index is 13.0. The van der Waals surface area contributed by atoms with Crippen LogP contribution in [0.25, 0.3) is 10.9 Å². The lowest BCUT2D eigenvalue weighted by atomic mass is 10.0. The highest BCUT2D eigenvalue weighted by Gasteiger charge is 2.26. The van der Waals surface area contributed by atoms with Crippen LogP contribution in [0.4, 0.5) is 0 Å². The third kappa shape index (κ3) is 2.82. The van der Waals surface area contributed by atoms with Gasteiger partial charge in [0.1, 0.15) is 12.3 Å². The molecular formula is C19H16N2O4. The van der Waals surface area contributed by atoms with Crippen LogP contribution in [0.1, 0.15) is 11.6 Å². The summed E-state index contributed by atoms with van der Waals surface area (Å²) in [5.74, 6) is 0.465. The van der Waals surface area contributed by atoms with Gasteiger partial charge < -0.3 is 14.5 Å². The SMILES string of the molecule is O=c1[nH]c2ccccc2c(=O)n1C(Cc1ccccc1)C1=COCO1. The van der Waals surface area contributed by atoms with Crippen LogP contribution < -0.4 is 11.2 Å². The van der Waals surface area contributed by atoms with Gasteiger partial charge in [0.25, 0.3) is 5.56 Å². The summed E-state index contributed by atoms with van der Waals surface area (Å²) in [7, 11) is 0. The van der Waals surface area contributed by atoms with Crippen molar-refractivity contribution in [3.05, 3.63) is 93.0 Å². The van der Waals surface area contributed by atoms with Crippen molar-refractivity contribution in [1.82, 2.24) is 9.55 Å². The van der Waals surface area contributed by atoms with E-state index in [-0.39, 0.29) is 12.4 Å². The number of ether oxygens (including phenoxy) is 2. The number of aromatic amines is 1. The van der Waals surface area contributed by atoms with Gasteiger partial charge >= 0.3 is 5.69 Å². The number of allylic oxidation sites excluding steroid dienone is 1. The van der Waals surface area contributed by atoms with Crippen LogP contribution in [0.2, 0.25) is 0 Å². The van der Waals surface area contributed by atoms with E-state index in [1.807, 2.05) is 30.3 Å². The lowest BCUT2D eigenvalue weighted by Gasteiger charge is -2.19. The summed E-state index contributed by atoms with van der Waals surface area (Å²) in [4.78, 5) is 28.4. The van der Waals surface area contributed by atoms with Crippen molar-refractivity contribution >= 4 is 10.9 Å². The van der Waals surface area contributed by atoms with Crippen LogP contribution in [0.3, 0.4) is 0 Å². The second kappa shape index (κ2) is 6.32. The Balaban J connectivity index is 1.89. The third-order valence-electron chi connectivity index (χ3n) is 4.24. The summed E-state index contributed by atoms with van der Waals surface area (Å²) in [5.41, 5.74) is 0.686. The summed E-state index contributed by atoms with van der Waals surface area (Å²) in [6.07, 6.45) is 1.91. The standard InChI is InChI=1S/C19H16N2O4/c22-18-14-8-4-5-9-15(14)20-19(23)21(18)16(17-11-24-12-25-17)10-13-6-2-1-3-7-13/h1-9,11,16H,10,12H2,(H,20,23). The number of nitrogens with zero attached hydrogens (tertiary/aromatic N) is 1. The Kier molecular flexibility index (Phi) is 3.85. The minimum absolute atomic E-state index is 0.0842. The van der Waals surface area contributed by atoms with Crippen molar-refractivity contribution < 1.29 is 9.47 Å². The number of nitrogens with one attached hydrogen (secondary N) is 1. The van der Waals surface area contributed by atoms with Gasteiger partial charge in [0.15, 0.2) is 5.76 Å². The van der Waals surface area contributed by atoms with Crippen LogP contribution >= 0.6 is 0 Å². The zero-order valence-corrected chi connectivity index (χ0v) is 13.3. The summed E-state index contributed by atoms with van der Waals surface area (Å²) in [6.45, 7) is 0.0842. The Hall–Kier alpha value is -3.28. The van der Waals surface area contributed by atoms with Crippen molar-refractivity contribution in [3.8, 4) is 0 Å². The summed E-state index contributed by atoms with van der Waals surface area (Å²) in [5, 5.41) is 0.458. The van der Waals surface area contributed by atoms with Crippen molar-refractivity contribution in [2.75, 3.05) is 6.79 Å². The maximum atomic E-state index is 13.0. The number of H-pyrrole nitrogens is 1. The van der Waals surface area contributed by atoms with E-state index in [2.05, 4.69) is 4.98 Å². The molecule has 6 heteroatoms. The predicted octanol–water partition coefficient (Wildman–Crippen LogP) is 2.32. The Morgan fingerprint density at radius 2 is 1.80 bits per heavy atom. The zero-order valence-electron chi connectivity index (χ0n) is 13.3. The molecule has 1 atom stereocenters. The summed E-state index contributed by atoms with van der Waals surface area (Å²) < 4.78 is 11.8. The van der Waals surface area contributed by atoms with Gasteiger partial charge in [-0.1, -0.05) is 42.5 Å². The van der Waals surface area contributed by atoms with Crippen LogP contribution in [0.5, 0.6) is 0 Å². The van der Waals surface area contributed by atoms with Crippen LogP contribution in [-0.2, 0) is 15.9 Å². The van der Waals surface area contributed by atoms with E-state index < -0.39 is 11.7 Å². The molecule has 0 amide bonds. The number of aromatic nitrogens is 2. The van der Waals surface area contributed by atoms with Gasteiger partial charge in [-0.2, -0.15) is 0 Å². The molecule has 6 nitrogen and oxygen atoms in total. The molecule has 2 heterocycles. The van der Waals surface area contributed by atoms with Gasteiger partial charge in [-0.05, 0) is 17.7 Å². The lowest BCUT2D eigenvalue weighted by Crippen LogP contribution is -2.39. The van der Waals surface area contributed by atoms with Crippen molar-refractivity contribution in [3.63, 3.8) is 0 Å². The molecule has 1 aliphatic rings. The molecule has 0 radical (unpaired) electrons. The maximum Gasteiger partial charge on any atom is 0.329 e. The van der Waals surface area contributed by atoms with Crippen molar-refractivity contribution in [1.29, 1.82) is 0 Å². The van der Waals surface area contributed by atoms with Gasteiger partial charge in [-0.25, -0.2) is 9.36 Å². The molecule has 0 spiro atoms. The number of hydrogen-bond acceptors (Lipinski definition) is 4. The van der Waals surface area contributed by atoms with E-state index in [0.29, 0.717) is 23.1 Å². The summed E-state index contributed by atoms with van der Waals surface area (Å²) in [6, 6.07) is 16.0. The van der Waals surface area contributed by atoms with E-state index in [1.165, 1.54) is 10.8 Å². The first-order valence-electron chi connectivity index (χ1n) is 7.96. The molecule has 0 aliphatic carbocycles. The fraction of sp³-hybridized carbons (Fsp3) is 0.158. The fourth-order valence-corrected chi connectivity index (χ4v) is 3.04. The van der Waals surface area contributed by atoms with Gasteiger partial charge in [0.05, 0.1) is 10.9 Å². The van der Waals surface area contributed by atoms with Gasteiger partial charge in [-0.3, -0.25) is 4.79 Å². The van der Waals surface area contributed by atoms with E-state index in [1.54, 1.807) is 24.3 Å².